The van der Waals surface area contributed by atoms with Crippen LogP contribution >= 0.6 is 0 Å². The lowest BCUT2D eigenvalue weighted by atomic mass is 9.78. The molecule has 1 aromatic heterocycles. The summed E-state index contributed by atoms with van der Waals surface area (Å²) in [5, 5.41) is 3.19. The second-order valence-electron chi connectivity index (χ2n) is 7.09. The van der Waals surface area contributed by atoms with Gasteiger partial charge in [-0.2, -0.15) is 0 Å². The predicted molar refractivity (Wildman–Crippen MR) is 89.0 cm³/mol. The van der Waals surface area contributed by atoms with E-state index in [2.05, 4.69) is 41.5 Å². The number of rotatable bonds is 4. The minimum absolute atomic E-state index is 0.119. The second kappa shape index (κ2) is 5.52. The number of hydrogen-bond donors (Lipinski definition) is 1. The number of nitrogens with one attached hydrogen (secondary N) is 1. The largest absolute Gasteiger partial charge is 0.352 e. The molecule has 2 aromatic rings. The number of fused-ring (bicyclic) bond motifs is 2. The molecule has 0 saturated heterocycles. The van der Waals surface area contributed by atoms with E-state index in [9.17, 15) is 4.79 Å². The van der Waals surface area contributed by atoms with E-state index in [4.69, 9.17) is 0 Å². The molecule has 1 saturated carbocycles. The number of aryl methyl sites for hydroxylation is 1. The lowest BCUT2D eigenvalue weighted by Gasteiger charge is -2.26. The number of aromatic nitrogens is 2. The fourth-order valence-electron chi connectivity index (χ4n) is 4.28. The molecule has 1 spiro atoms. The average molecular weight is 309 g/mol. The molecule has 3 unspecified atom stereocenters. The van der Waals surface area contributed by atoms with Crippen LogP contribution < -0.4 is 5.32 Å². The standard InChI is InChI=1S/C19H23N3O/c1-14(12-22-10-9-20-13-22)21-18(23)17-11-19(17)8-4-6-15-5-2-3-7-16(15)19/h2-3,5,7,9-10,13-14,17H,4,6,8,11-12H2,1H3,(H,21,23). The highest BCUT2D eigenvalue weighted by Gasteiger charge is 2.60. The van der Waals surface area contributed by atoms with Gasteiger partial charge < -0.3 is 9.88 Å². The number of hydrogen-bond acceptors (Lipinski definition) is 2. The van der Waals surface area contributed by atoms with E-state index in [-0.39, 0.29) is 23.3 Å². The molecule has 0 bridgehead atoms. The highest BCUT2D eigenvalue weighted by Crippen LogP contribution is 2.60. The topological polar surface area (TPSA) is 46.9 Å². The van der Waals surface area contributed by atoms with Crippen molar-refractivity contribution in [3.05, 3.63) is 54.1 Å². The Kier molecular flexibility index (Phi) is 3.47. The zero-order valence-electron chi connectivity index (χ0n) is 13.5. The number of imidazole rings is 1. The van der Waals surface area contributed by atoms with E-state index >= 15 is 0 Å². The van der Waals surface area contributed by atoms with E-state index in [0.29, 0.717) is 0 Å². The van der Waals surface area contributed by atoms with Gasteiger partial charge in [0.15, 0.2) is 0 Å². The van der Waals surface area contributed by atoms with Gasteiger partial charge in [-0.1, -0.05) is 24.3 Å². The molecular formula is C19H23N3O. The Hall–Kier alpha value is -2.10. The number of carbonyl (C=O) groups excluding carboxylic acids is 1. The molecule has 1 amide bonds. The van der Waals surface area contributed by atoms with Gasteiger partial charge in [-0.15, -0.1) is 0 Å². The number of carbonyl (C=O) groups is 1. The van der Waals surface area contributed by atoms with E-state index in [0.717, 1.165) is 25.8 Å². The number of nitrogens with zero attached hydrogens (tertiary/aromatic N) is 2. The maximum Gasteiger partial charge on any atom is 0.224 e. The van der Waals surface area contributed by atoms with Gasteiger partial charge in [-0.05, 0) is 43.7 Å². The minimum atomic E-state index is 0.119. The molecule has 2 aliphatic carbocycles. The molecule has 2 aliphatic rings. The fourth-order valence-corrected chi connectivity index (χ4v) is 4.28. The van der Waals surface area contributed by atoms with Crippen LogP contribution in [-0.4, -0.2) is 21.5 Å². The Morgan fingerprint density at radius 2 is 2.35 bits per heavy atom. The summed E-state index contributed by atoms with van der Waals surface area (Å²) >= 11 is 0. The van der Waals surface area contributed by atoms with Crippen LogP contribution in [0.5, 0.6) is 0 Å². The van der Waals surface area contributed by atoms with E-state index < -0.39 is 0 Å². The zero-order valence-corrected chi connectivity index (χ0v) is 13.5. The molecule has 1 heterocycles. The van der Waals surface area contributed by atoms with Crippen LogP contribution in [0, 0.1) is 5.92 Å². The SMILES string of the molecule is CC(Cn1ccnc1)NC(=O)C1CC12CCCc1ccccc12. The second-order valence-corrected chi connectivity index (χ2v) is 7.09. The third-order valence-corrected chi connectivity index (χ3v) is 5.45. The molecular weight excluding hydrogens is 286 g/mol. The Labute approximate surface area is 136 Å². The Morgan fingerprint density at radius 1 is 1.48 bits per heavy atom. The van der Waals surface area contributed by atoms with Crippen molar-refractivity contribution in [1.82, 2.24) is 14.9 Å². The van der Waals surface area contributed by atoms with Gasteiger partial charge in [-0.25, -0.2) is 4.98 Å². The maximum atomic E-state index is 12.7. The average Bonchev–Trinajstić information content (AvgIpc) is 3.02. The molecule has 4 nitrogen and oxygen atoms in total. The van der Waals surface area contributed by atoms with E-state index in [1.807, 2.05) is 10.8 Å². The van der Waals surface area contributed by atoms with Crippen LogP contribution in [-0.2, 0) is 23.2 Å². The van der Waals surface area contributed by atoms with Crippen molar-refractivity contribution in [3.8, 4) is 0 Å². The summed E-state index contributed by atoms with van der Waals surface area (Å²) in [4.78, 5) is 16.7. The molecule has 3 atom stereocenters. The van der Waals surface area contributed by atoms with E-state index in [1.54, 1.807) is 12.5 Å². The fraction of sp³-hybridized carbons (Fsp3) is 0.474. The third kappa shape index (κ3) is 2.56. The first-order chi connectivity index (χ1) is 11.2. The van der Waals surface area contributed by atoms with Gasteiger partial charge in [0.2, 0.25) is 5.91 Å². The highest BCUT2D eigenvalue weighted by molar-refractivity contribution is 5.85. The minimum Gasteiger partial charge on any atom is -0.352 e. The van der Waals surface area contributed by atoms with Crippen LogP contribution in [0.2, 0.25) is 0 Å². The Morgan fingerprint density at radius 3 is 3.17 bits per heavy atom. The van der Waals surface area contributed by atoms with Gasteiger partial charge >= 0.3 is 0 Å². The normalized spacial score (nSPS) is 26.6. The van der Waals surface area contributed by atoms with Crippen molar-refractivity contribution < 1.29 is 4.79 Å². The molecule has 1 fully saturated rings. The summed E-state index contributed by atoms with van der Waals surface area (Å²) in [7, 11) is 0. The molecule has 0 aliphatic heterocycles. The monoisotopic (exact) mass is 309 g/mol. The molecule has 4 heteroatoms. The molecule has 120 valence electrons. The van der Waals surface area contributed by atoms with Crippen molar-refractivity contribution in [2.24, 2.45) is 5.92 Å². The molecule has 23 heavy (non-hydrogen) atoms. The first-order valence-corrected chi connectivity index (χ1v) is 8.53. The lowest BCUT2D eigenvalue weighted by molar-refractivity contribution is -0.123. The van der Waals surface area contributed by atoms with Crippen LogP contribution in [0.4, 0.5) is 0 Å². The van der Waals surface area contributed by atoms with Gasteiger partial charge in [0, 0.05) is 36.3 Å². The van der Waals surface area contributed by atoms with Crippen molar-refractivity contribution in [1.29, 1.82) is 0 Å². The van der Waals surface area contributed by atoms with Gasteiger partial charge in [0.25, 0.3) is 0 Å². The summed E-state index contributed by atoms with van der Waals surface area (Å²) in [6.07, 6.45) is 10.0. The van der Waals surface area contributed by atoms with Gasteiger partial charge in [0.05, 0.1) is 6.33 Å². The number of benzene rings is 1. The summed E-state index contributed by atoms with van der Waals surface area (Å²) in [6, 6.07) is 8.80. The van der Waals surface area contributed by atoms with Crippen molar-refractivity contribution in [2.75, 3.05) is 0 Å². The summed E-state index contributed by atoms with van der Waals surface area (Å²) < 4.78 is 2.00. The number of amides is 1. The van der Waals surface area contributed by atoms with E-state index in [1.165, 1.54) is 17.5 Å². The van der Waals surface area contributed by atoms with Crippen LogP contribution in [0.1, 0.15) is 37.3 Å². The predicted octanol–water partition coefficient (Wildman–Crippen LogP) is 2.68. The summed E-state index contributed by atoms with van der Waals surface area (Å²) in [5.74, 6) is 0.364. The lowest BCUT2D eigenvalue weighted by Crippen LogP contribution is -2.38. The molecule has 4 rings (SSSR count). The summed E-state index contributed by atoms with van der Waals surface area (Å²) in [6.45, 7) is 2.82. The highest BCUT2D eigenvalue weighted by atomic mass is 16.2. The zero-order chi connectivity index (χ0) is 15.9. The Bertz CT molecular complexity index is 709. The quantitative estimate of drug-likeness (QED) is 0.944. The Balaban J connectivity index is 1.44. The third-order valence-electron chi connectivity index (χ3n) is 5.45. The van der Waals surface area contributed by atoms with Crippen LogP contribution in [0.15, 0.2) is 43.0 Å². The van der Waals surface area contributed by atoms with Crippen LogP contribution in [0.25, 0.3) is 0 Å². The van der Waals surface area contributed by atoms with Gasteiger partial charge in [-0.3, -0.25) is 4.79 Å². The molecule has 1 N–H and O–H groups in total. The van der Waals surface area contributed by atoms with Crippen molar-refractivity contribution >= 4 is 5.91 Å². The molecule has 1 aromatic carbocycles. The van der Waals surface area contributed by atoms with Gasteiger partial charge in [0.1, 0.15) is 0 Å². The maximum absolute atomic E-state index is 12.7. The summed E-state index contributed by atoms with van der Waals surface area (Å²) in [5.41, 5.74) is 2.99. The molecule has 0 radical (unpaired) electrons. The first kappa shape index (κ1) is 14.5. The first-order valence-electron chi connectivity index (χ1n) is 8.53. The van der Waals surface area contributed by atoms with Crippen LogP contribution in [0.3, 0.4) is 0 Å². The van der Waals surface area contributed by atoms with Crippen molar-refractivity contribution in [2.45, 2.75) is 50.6 Å². The van der Waals surface area contributed by atoms with Crippen molar-refractivity contribution in [3.63, 3.8) is 0 Å². The smallest absolute Gasteiger partial charge is 0.224 e.